The van der Waals surface area contributed by atoms with Crippen molar-refractivity contribution in [3.8, 4) is 5.75 Å². The number of fused-ring (bicyclic) bond motifs is 2. The molecule has 8 nitrogen and oxygen atoms in total. The van der Waals surface area contributed by atoms with Crippen LogP contribution >= 0.6 is 11.6 Å². The number of nitrogens with zero attached hydrogens (tertiary/aromatic N) is 1. The van der Waals surface area contributed by atoms with Crippen LogP contribution in [0.4, 0.5) is 5.69 Å². The monoisotopic (exact) mass is 510 g/mol. The van der Waals surface area contributed by atoms with E-state index in [0.717, 1.165) is 16.2 Å². The first kappa shape index (κ1) is 23.3. The number of amides is 1. The largest absolute Gasteiger partial charge is 0.497 e. The number of halogens is 1. The van der Waals surface area contributed by atoms with Crippen molar-refractivity contribution in [1.82, 2.24) is 15.0 Å². The van der Waals surface area contributed by atoms with Gasteiger partial charge in [-0.1, -0.05) is 12.1 Å². The molecule has 3 aromatic carbocycles. The highest BCUT2D eigenvalue weighted by molar-refractivity contribution is 7.89. The number of sulfonamides is 1. The van der Waals surface area contributed by atoms with E-state index in [0.29, 0.717) is 22.4 Å². The molecule has 4 N–H and O–H groups in total. The summed E-state index contributed by atoms with van der Waals surface area (Å²) in [6.07, 6.45) is 3.47. The van der Waals surface area contributed by atoms with Gasteiger partial charge in [0.2, 0.25) is 15.9 Å². The molecule has 0 bridgehead atoms. The Morgan fingerprint density at radius 3 is 2.63 bits per heavy atom. The molecular formula is C25H23ClN4O4S. The highest BCUT2D eigenvalue weighted by Crippen LogP contribution is 2.42. The minimum absolute atomic E-state index is 0.0110. The summed E-state index contributed by atoms with van der Waals surface area (Å²) in [7, 11) is -2.60. The van der Waals surface area contributed by atoms with E-state index in [1.165, 1.54) is 6.07 Å². The summed E-state index contributed by atoms with van der Waals surface area (Å²) < 4.78 is 35.0. The minimum atomic E-state index is -4.14. The Bertz CT molecular complexity index is 1580. The van der Waals surface area contributed by atoms with E-state index >= 15 is 0 Å². The Labute approximate surface area is 207 Å². The number of anilines is 1. The smallest absolute Gasteiger partial charge is 0.243 e. The molecule has 0 saturated carbocycles. The van der Waals surface area contributed by atoms with Crippen LogP contribution in [0.3, 0.4) is 0 Å². The van der Waals surface area contributed by atoms with Crippen LogP contribution in [0, 0.1) is 0 Å². The van der Waals surface area contributed by atoms with E-state index in [1.807, 2.05) is 12.1 Å². The number of aromatic nitrogens is 1. The Kier molecular flexibility index (Phi) is 5.79. The number of nitrogen functional groups attached to an aromatic ring is 1. The van der Waals surface area contributed by atoms with Gasteiger partial charge in [0.15, 0.2) is 0 Å². The summed E-state index contributed by atoms with van der Waals surface area (Å²) >= 11 is 6.89. The van der Waals surface area contributed by atoms with Crippen molar-refractivity contribution < 1.29 is 17.9 Å². The number of nitrogens with one attached hydrogen (secondary N) is 2. The average molecular weight is 511 g/mol. The molecule has 1 amide bonds. The van der Waals surface area contributed by atoms with Crippen molar-refractivity contribution in [3.05, 3.63) is 72.6 Å². The summed E-state index contributed by atoms with van der Waals surface area (Å²) in [4.78, 5) is 17.2. The Hall–Kier alpha value is -3.40. The van der Waals surface area contributed by atoms with Gasteiger partial charge in [-0.25, -0.2) is 8.42 Å². The standard InChI is InChI=1S/C25H23ClN4O4S/c1-34-19-4-2-15-3-5-20(11-17(15)10-19)35(32,33)30-25(7-9-29-24(25)31)23(26)21-12-18-14-28-8-6-16(18)13-22(21)27/h2-6,8,10-14,23,30H,7,9,27H2,1H3,(H,29,31)/t23?,25-/m1/s1. The first-order valence-corrected chi connectivity index (χ1v) is 12.8. The van der Waals surface area contributed by atoms with Gasteiger partial charge >= 0.3 is 0 Å². The number of rotatable bonds is 6. The zero-order valence-electron chi connectivity index (χ0n) is 18.8. The molecule has 180 valence electrons. The van der Waals surface area contributed by atoms with Crippen LogP contribution in [0.25, 0.3) is 21.5 Å². The molecule has 2 atom stereocenters. The zero-order valence-corrected chi connectivity index (χ0v) is 20.4. The van der Waals surface area contributed by atoms with Gasteiger partial charge in [-0.3, -0.25) is 9.78 Å². The number of pyridine rings is 1. The predicted octanol–water partition coefficient (Wildman–Crippen LogP) is 3.50. The maximum Gasteiger partial charge on any atom is 0.243 e. The topological polar surface area (TPSA) is 123 Å². The quantitative estimate of drug-likeness (QED) is 0.269. The number of nitrogens with two attached hydrogens (primary N) is 1. The zero-order chi connectivity index (χ0) is 24.8. The number of carbonyl (C=O) groups is 1. The number of benzene rings is 3. The number of methoxy groups -OCH3 is 1. The second-order valence-corrected chi connectivity index (χ2v) is 10.6. The highest BCUT2D eigenvalue weighted by Gasteiger charge is 2.52. The van der Waals surface area contributed by atoms with E-state index in [-0.39, 0.29) is 17.9 Å². The fourth-order valence-corrected chi connectivity index (χ4v) is 6.44. The van der Waals surface area contributed by atoms with Crippen molar-refractivity contribution in [2.24, 2.45) is 0 Å². The summed E-state index contributed by atoms with van der Waals surface area (Å²) in [6.45, 7) is 0.272. The number of ether oxygens (including phenoxy) is 1. The van der Waals surface area contributed by atoms with E-state index in [1.54, 1.807) is 55.9 Å². The van der Waals surface area contributed by atoms with Gasteiger partial charge in [-0.05, 0) is 70.6 Å². The molecule has 0 spiro atoms. The summed E-state index contributed by atoms with van der Waals surface area (Å²) in [5.74, 6) is 0.1000. The van der Waals surface area contributed by atoms with Gasteiger partial charge in [0.25, 0.3) is 0 Å². The molecular weight excluding hydrogens is 488 g/mol. The van der Waals surface area contributed by atoms with Crippen molar-refractivity contribution in [3.63, 3.8) is 0 Å². The fourth-order valence-electron chi connectivity index (χ4n) is 4.49. The summed E-state index contributed by atoms with van der Waals surface area (Å²) in [5, 5.41) is 4.83. The Balaban J connectivity index is 1.57. The van der Waals surface area contributed by atoms with Gasteiger partial charge in [0.1, 0.15) is 11.3 Å². The van der Waals surface area contributed by atoms with Crippen LogP contribution in [0.5, 0.6) is 5.75 Å². The second-order valence-electron chi connectivity index (χ2n) is 8.52. The molecule has 35 heavy (non-hydrogen) atoms. The van der Waals surface area contributed by atoms with Crippen LogP contribution < -0.4 is 20.5 Å². The number of alkyl halides is 1. The first-order chi connectivity index (χ1) is 16.7. The third kappa shape index (κ3) is 4.05. The lowest BCUT2D eigenvalue weighted by atomic mass is 9.88. The normalized spacial score (nSPS) is 19.1. The van der Waals surface area contributed by atoms with Crippen LogP contribution in [0.2, 0.25) is 0 Å². The molecule has 10 heteroatoms. The molecule has 4 aromatic rings. The molecule has 5 rings (SSSR count). The minimum Gasteiger partial charge on any atom is -0.497 e. The predicted molar refractivity (Wildman–Crippen MR) is 136 cm³/mol. The second kappa shape index (κ2) is 8.67. The SMILES string of the molecule is COc1ccc2ccc(S(=O)(=O)N[C@@]3(C(Cl)c4cc5cnccc5cc4N)CCNC3=O)cc2c1. The number of hydrogen-bond donors (Lipinski definition) is 3. The van der Waals surface area contributed by atoms with E-state index in [4.69, 9.17) is 22.1 Å². The van der Waals surface area contributed by atoms with Gasteiger partial charge in [-0.2, -0.15) is 4.72 Å². The first-order valence-electron chi connectivity index (χ1n) is 10.9. The van der Waals surface area contributed by atoms with Gasteiger partial charge in [-0.15, -0.1) is 11.6 Å². The van der Waals surface area contributed by atoms with E-state index < -0.39 is 26.8 Å². The molecule has 2 heterocycles. The van der Waals surface area contributed by atoms with Crippen LogP contribution in [-0.2, 0) is 14.8 Å². The number of hydrogen-bond acceptors (Lipinski definition) is 6. The lowest BCUT2D eigenvalue weighted by Crippen LogP contribution is -2.56. The fraction of sp³-hybridized carbons (Fsp3) is 0.200. The van der Waals surface area contributed by atoms with E-state index in [2.05, 4.69) is 15.0 Å². The highest BCUT2D eigenvalue weighted by atomic mass is 35.5. The van der Waals surface area contributed by atoms with Crippen LogP contribution in [0.15, 0.2) is 71.9 Å². The lowest BCUT2D eigenvalue weighted by Gasteiger charge is -2.32. The van der Waals surface area contributed by atoms with Crippen molar-refractivity contribution in [2.75, 3.05) is 19.4 Å². The Morgan fingerprint density at radius 1 is 1.09 bits per heavy atom. The molecule has 1 aliphatic heterocycles. The molecule has 0 aliphatic carbocycles. The van der Waals surface area contributed by atoms with Gasteiger partial charge < -0.3 is 15.8 Å². The summed E-state index contributed by atoms with van der Waals surface area (Å²) in [5.41, 5.74) is 5.48. The third-order valence-electron chi connectivity index (χ3n) is 6.40. The molecule has 1 unspecified atom stereocenters. The molecule has 1 aromatic heterocycles. The van der Waals surface area contributed by atoms with E-state index in [9.17, 15) is 13.2 Å². The maximum absolute atomic E-state index is 13.5. The third-order valence-corrected chi connectivity index (χ3v) is 8.52. The molecule has 1 saturated heterocycles. The van der Waals surface area contributed by atoms with Gasteiger partial charge in [0.05, 0.1) is 17.4 Å². The van der Waals surface area contributed by atoms with Crippen LogP contribution in [0.1, 0.15) is 17.4 Å². The molecule has 0 radical (unpaired) electrons. The molecule has 1 fully saturated rings. The van der Waals surface area contributed by atoms with Crippen LogP contribution in [-0.4, -0.2) is 38.5 Å². The number of carbonyl (C=O) groups excluding carboxylic acids is 1. The lowest BCUT2D eigenvalue weighted by molar-refractivity contribution is -0.124. The van der Waals surface area contributed by atoms with Crippen molar-refractivity contribution >= 4 is 54.8 Å². The van der Waals surface area contributed by atoms with Crippen molar-refractivity contribution in [1.29, 1.82) is 0 Å². The Morgan fingerprint density at radius 2 is 1.89 bits per heavy atom. The average Bonchev–Trinajstić information content (AvgIpc) is 3.22. The van der Waals surface area contributed by atoms with Crippen molar-refractivity contribution in [2.45, 2.75) is 22.2 Å². The summed E-state index contributed by atoms with van der Waals surface area (Å²) in [6, 6.07) is 15.4. The molecule has 1 aliphatic rings. The van der Waals surface area contributed by atoms with Gasteiger partial charge in [0, 0.05) is 30.0 Å². The maximum atomic E-state index is 13.5.